The van der Waals surface area contributed by atoms with Gasteiger partial charge in [0.05, 0.1) is 7.11 Å². The van der Waals surface area contributed by atoms with Crippen molar-refractivity contribution < 1.29 is 4.74 Å². The number of benzene rings is 2. The highest BCUT2D eigenvalue weighted by Gasteiger charge is 2.05. The standard InChI is InChI=1S/C22H24N2O/c1-17-19(14-21(16-24-17)18-8-4-3-5-9-18)12-13-23-15-20-10-6-7-11-22(20)25-2/h3-11,14,16,23H,12-13,15H2,1-2H3. The van der Waals surface area contributed by atoms with E-state index in [1.807, 2.05) is 30.5 Å². The van der Waals surface area contributed by atoms with Crippen molar-refractivity contribution in [1.29, 1.82) is 0 Å². The molecule has 0 saturated heterocycles. The third-order valence-electron chi connectivity index (χ3n) is 4.38. The van der Waals surface area contributed by atoms with E-state index in [0.717, 1.165) is 31.0 Å². The number of nitrogens with one attached hydrogen (secondary N) is 1. The first kappa shape index (κ1) is 17.2. The summed E-state index contributed by atoms with van der Waals surface area (Å²) in [5, 5.41) is 3.50. The molecule has 0 bridgehead atoms. The Kier molecular flexibility index (Phi) is 5.81. The molecule has 128 valence electrons. The zero-order chi connectivity index (χ0) is 17.5. The molecule has 0 spiro atoms. The number of hydrogen-bond acceptors (Lipinski definition) is 3. The van der Waals surface area contributed by atoms with Crippen molar-refractivity contribution in [2.24, 2.45) is 0 Å². The summed E-state index contributed by atoms with van der Waals surface area (Å²) in [6.07, 6.45) is 2.91. The molecule has 0 atom stereocenters. The Balaban J connectivity index is 1.61. The Morgan fingerprint density at radius 3 is 2.48 bits per heavy atom. The SMILES string of the molecule is COc1ccccc1CNCCc1cc(-c2ccccc2)cnc1C. The van der Waals surface area contributed by atoms with Gasteiger partial charge in [-0.15, -0.1) is 0 Å². The topological polar surface area (TPSA) is 34.1 Å². The van der Waals surface area contributed by atoms with Crippen molar-refractivity contribution >= 4 is 0 Å². The lowest BCUT2D eigenvalue weighted by molar-refractivity contribution is 0.408. The molecule has 3 rings (SSSR count). The number of nitrogens with zero attached hydrogens (tertiary/aromatic N) is 1. The average molecular weight is 332 g/mol. The van der Waals surface area contributed by atoms with Gasteiger partial charge in [0.15, 0.2) is 0 Å². The largest absolute Gasteiger partial charge is 0.496 e. The Morgan fingerprint density at radius 1 is 0.920 bits per heavy atom. The number of hydrogen-bond donors (Lipinski definition) is 1. The summed E-state index contributed by atoms with van der Waals surface area (Å²) < 4.78 is 5.39. The highest BCUT2D eigenvalue weighted by atomic mass is 16.5. The molecule has 0 amide bonds. The monoisotopic (exact) mass is 332 g/mol. The van der Waals surface area contributed by atoms with Crippen molar-refractivity contribution in [2.75, 3.05) is 13.7 Å². The minimum Gasteiger partial charge on any atom is -0.496 e. The van der Waals surface area contributed by atoms with Crippen LogP contribution in [-0.2, 0) is 13.0 Å². The summed E-state index contributed by atoms with van der Waals surface area (Å²) in [5.41, 5.74) is 5.94. The third kappa shape index (κ3) is 4.46. The molecule has 0 saturated carbocycles. The van der Waals surface area contributed by atoms with Gasteiger partial charge >= 0.3 is 0 Å². The summed E-state index contributed by atoms with van der Waals surface area (Å²) in [7, 11) is 1.71. The quantitative estimate of drug-likeness (QED) is 0.651. The molecule has 1 heterocycles. The molecule has 3 aromatic rings. The minimum atomic E-state index is 0.800. The molecule has 0 unspecified atom stereocenters. The van der Waals surface area contributed by atoms with Crippen molar-refractivity contribution in [3.05, 3.63) is 83.7 Å². The van der Waals surface area contributed by atoms with Crippen LogP contribution in [0.25, 0.3) is 11.1 Å². The summed E-state index contributed by atoms with van der Waals surface area (Å²) >= 11 is 0. The summed E-state index contributed by atoms with van der Waals surface area (Å²) in [6.45, 7) is 3.78. The molecule has 1 N–H and O–H groups in total. The van der Waals surface area contributed by atoms with Crippen LogP contribution in [0.3, 0.4) is 0 Å². The van der Waals surface area contributed by atoms with E-state index >= 15 is 0 Å². The van der Waals surface area contributed by atoms with Crippen molar-refractivity contribution in [2.45, 2.75) is 19.9 Å². The highest BCUT2D eigenvalue weighted by molar-refractivity contribution is 5.63. The number of para-hydroxylation sites is 1. The van der Waals surface area contributed by atoms with E-state index in [4.69, 9.17) is 4.74 Å². The number of aromatic nitrogens is 1. The van der Waals surface area contributed by atoms with E-state index in [-0.39, 0.29) is 0 Å². The number of pyridine rings is 1. The first-order chi connectivity index (χ1) is 12.3. The van der Waals surface area contributed by atoms with Gasteiger partial charge < -0.3 is 10.1 Å². The molecular weight excluding hydrogens is 308 g/mol. The van der Waals surface area contributed by atoms with Crippen LogP contribution in [0.4, 0.5) is 0 Å². The van der Waals surface area contributed by atoms with Crippen LogP contribution < -0.4 is 10.1 Å². The van der Waals surface area contributed by atoms with Crippen LogP contribution in [0.2, 0.25) is 0 Å². The van der Waals surface area contributed by atoms with Crippen LogP contribution in [0.1, 0.15) is 16.8 Å². The summed E-state index contributed by atoms with van der Waals surface area (Å²) in [5.74, 6) is 0.930. The zero-order valence-electron chi connectivity index (χ0n) is 14.8. The van der Waals surface area contributed by atoms with Crippen LogP contribution in [0.5, 0.6) is 5.75 Å². The normalized spacial score (nSPS) is 10.6. The van der Waals surface area contributed by atoms with Crippen LogP contribution in [-0.4, -0.2) is 18.6 Å². The number of rotatable bonds is 7. The molecule has 3 nitrogen and oxygen atoms in total. The Bertz CT molecular complexity index is 815. The first-order valence-corrected chi connectivity index (χ1v) is 8.61. The second-order valence-electron chi connectivity index (χ2n) is 6.07. The molecule has 1 aromatic heterocycles. The predicted octanol–water partition coefficient (Wildman–Crippen LogP) is 4.40. The van der Waals surface area contributed by atoms with Gasteiger partial charge in [-0.25, -0.2) is 0 Å². The lowest BCUT2D eigenvalue weighted by Gasteiger charge is -2.11. The maximum absolute atomic E-state index is 5.39. The smallest absolute Gasteiger partial charge is 0.123 e. The van der Waals surface area contributed by atoms with Gasteiger partial charge in [-0.2, -0.15) is 0 Å². The van der Waals surface area contributed by atoms with Crippen LogP contribution >= 0.6 is 0 Å². The van der Waals surface area contributed by atoms with Crippen LogP contribution in [0, 0.1) is 6.92 Å². The van der Waals surface area contributed by atoms with Gasteiger partial charge in [-0.05, 0) is 43.1 Å². The van der Waals surface area contributed by atoms with Crippen molar-refractivity contribution in [3.8, 4) is 16.9 Å². The van der Waals surface area contributed by atoms with E-state index in [9.17, 15) is 0 Å². The molecule has 25 heavy (non-hydrogen) atoms. The molecule has 0 radical (unpaired) electrons. The van der Waals surface area contributed by atoms with Crippen molar-refractivity contribution in [1.82, 2.24) is 10.3 Å². The highest BCUT2D eigenvalue weighted by Crippen LogP contribution is 2.21. The van der Waals surface area contributed by atoms with Gasteiger partial charge in [0.2, 0.25) is 0 Å². The third-order valence-corrected chi connectivity index (χ3v) is 4.38. The number of ether oxygens (including phenoxy) is 1. The molecule has 0 aliphatic carbocycles. The molecule has 0 aliphatic rings. The Morgan fingerprint density at radius 2 is 1.68 bits per heavy atom. The molecule has 0 aliphatic heterocycles. The van der Waals surface area contributed by atoms with Crippen molar-refractivity contribution in [3.63, 3.8) is 0 Å². The maximum Gasteiger partial charge on any atom is 0.123 e. The van der Waals surface area contributed by atoms with Gasteiger partial charge in [-0.1, -0.05) is 48.5 Å². The number of aryl methyl sites for hydroxylation is 1. The fourth-order valence-electron chi connectivity index (χ4n) is 2.92. The first-order valence-electron chi connectivity index (χ1n) is 8.61. The molecular formula is C22H24N2O. The zero-order valence-corrected chi connectivity index (χ0v) is 14.8. The van der Waals surface area contributed by atoms with Gasteiger partial charge in [0, 0.05) is 29.6 Å². The van der Waals surface area contributed by atoms with E-state index < -0.39 is 0 Å². The second-order valence-corrected chi connectivity index (χ2v) is 6.07. The molecule has 0 fully saturated rings. The fourth-order valence-corrected chi connectivity index (χ4v) is 2.92. The summed E-state index contributed by atoms with van der Waals surface area (Å²) in [4.78, 5) is 4.57. The van der Waals surface area contributed by atoms with Gasteiger partial charge in [0.1, 0.15) is 5.75 Å². The van der Waals surface area contributed by atoms with Gasteiger partial charge in [0.25, 0.3) is 0 Å². The molecule has 3 heteroatoms. The Hall–Kier alpha value is -2.65. The summed E-state index contributed by atoms with van der Waals surface area (Å²) in [6, 6.07) is 20.8. The van der Waals surface area contributed by atoms with E-state index in [1.54, 1.807) is 7.11 Å². The van der Waals surface area contributed by atoms with Gasteiger partial charge in [-0.3, -0.25) is 4.98 Å². The van der Waals surface area contributed by atoms with E-state index in [0.29, 0.717) is 0 Å². The fraction of sp³-hybridized carbons (Fsp3) is 0.227. The lowest BCUT2D eigenvalue weighted by Crippen LogP contribution is -2.17. The maximum atomic E-state index is 5.39. The second kappa shape index (κ2) is 8.45. The Labute approximate surface area is 149 Å². The predicted molar refractivity (Wildman–Crippen MR) is 103 cm³/mol. The van der Waals surface area contributed by atoms with Crippen LogP contribution in [0.15, 0.2) is 66.9 Å². The minimum absolute atomic E-state index is 0.800. The van der Waals surface area contributed by atoms with E-state index in [1.165, 1.54) is 22.3 Å². The average Bonchev–Trinajstić information content (AvgIpc) is 2.67. The van der Waals surface area contributed by atoms with E-state index in [2.05, 4.69) is 53.6 Å². The molecule has 2 aromatic carbocycles. The number of methoxy groups -OCH3 is 1. The lowest BCUT2D eigenvalue weighted by atomic mass is 10.0.